The van der Waals surface area contributed by atoms with Crippen molar-refractivity contribution in [2.24, 2.45) is 5.73 Å². The summed E-state index contributed by atoms with van der Waals surface area (Å²) >= 11 is 0. The van der Waals surface area contributed by atoms with E-state index in [2.05, 4.69) is 5.32 Å². The number of amides is 2. The van der Waals surface area contributed by atoms with Crippen LogP contribution in [0, 0.1) is 0 Å². The van der Waals surface area contributed by atoms with E-state index in [1.807, 2.05) is 0 Å². The summed E-state index contributed by atoms with van der Waals surface area (Å²) in [4.78, 5) is 51.1. The summed E-state index contributed by atoms with van der Waals surface area (Å²) in [5.41, 5.74) is 5.52. The Morgan fingerprint density at radius 3 is 2.36 bits per heavy atom. The van der Waals surface area contributed by atoms with Gasteiger partial charge in [0.05, 0.1) is 12.6 Å². The van der Waals surface area contributed by atoms with Gasteiger partial charge in [-0.25, -0.2) is 4.79 Å². The van der Waals surface area contributed by atoms with Crippen molar-refractivity contribution in [3.8, 4) is 0 Å². The Kier molecular flexibility index (Phi) is 8.18. The third kappa shape index (κ3) is 5.65. The van der Waals surface area contributed by atoms with Crippen LogP contribution in [0.4, 0.5) is 0 Å². The Labute approximate surface area is 164 Å². The van der Waals surface area contributed by atoms with E-state index >= 15 is 0 Å². The minimum atomic E-state index is -1.04. The highest BCUT2D eigenvalue weighted by Gasteiger charge is 2.39. The van der Waals surface area contributed by atoms with Crippen LogP contribution in [-0.2, 0) is 19.2 Å². The van der Waals surface area contributed by atoms with E-state index in [4.69, 9.17) is 10.8 Å². The van der Waals surface area contributed by atoms with Gasteiger partial charge >= 0.3 is 11.9 Å². The van der Waals surface area contributed by atoms with Gasteiger partial charge in [-0.1, -0.05) is 0 Å². The van der Waals surface area contributed by atoms with E-state index in [1.54, 1.807) is 4.90 Å². The van der Waals surface area contributed by atoms with Gasteiger partial charge in [0.15, 0.2) is 0 Å². The fourth-order valence-electron chi connectivity index (χ4n) is 3.99. The molecule has 0 radical (unpaired) electrons. The molecule has 158 valence electrons. The minimum Gasteiger partial charge on any atom is -0.480 e. The predicted octanol–water partition coefficient (Wildman–Crippen LogP) is -0.775. The molecule has 10 heteroatoms. The monoisotopic (exact) mass is 398 g/mol. The highest BCUT2D eigenvalue weighted by atomic mass is 16.4. The van der Waals surface area contributed by atoms with E-state index in [0.29, 0.717) is 64.6 Å². The fourth-order valence-corrected chi connectivity index (χ4v) is 3.99. The molecule has 2 aliphatic rings. The maximum absolute atomic E-state index is 13.0. The minimum absolute atomic E-state index is 0.225. The molecule has 2 fully saturated rings. The van der Waals surface area contributed by atoms with Gasteiger partial charge < -0.3 is 26.2 Å². The molecule has 2 heterocycles. The molecule has 2 saturated heterocycles. The summed E-state index contributed by atoms with van der Waals surface area (Å²) in [6, 6.07) is -2.28. The zero-order valence-corrected chi connectivity index (χ0v) is 16.0. The van der Waals surface area contributed by atoms with Crippen LogP contribution in [0.15, 0.2) is 0 Å². The number of nitrogens with one attached hydrogen (secondary N) is 1. The first-order chi connectivity index (χ1) is 13.3. The molecule has 5 N–H and O–H groups in total. The van der Waals surface area contributed by atoms with Crippen molar-refractivity contribution in [3.63, 3.8) is 0 Å². The third-order valence-electron chi connectivity index (χ3n) is 5.39. The molecule has 2 aliphatic heterocycles. The predicted molar refractivity (Wildman–Crippen MR) is 99.4 cm³/mol. The fraction of sp³-hybridized carbons (Fsp3) is 0.778. The number of unbranched alkanes of at least 4 members (excludes halogenated alkanes) is 1. The Balaban J connectivity index is 2.07. The van der Waals surface area contributed by atoms with Gasteiger partial charge in [-0.05, 0) is 58.0 Å². The van der Waals surface area contributed by atoms with Crippen LogP contribution in [0.2, 0.25) is 0 Å². The molecular formula is C18H30N4O6. The number of carbonyl (C=O) groups excluding carboxylic acids is 2. The van der Waals surface area contributed by atoms with Gasteiger partial charge in [0.25, 0.3) is 0 Å². The van der Waals surface area contributed by atoms with E-state index < -0.39 is 36.0 Å². The molecule has 0 unspecified atom stereocenters. The number of nitrogens with two attached hydrogens (primary N) is 1. The van der Waals surface area contributed by atoms with Crippen LogP contribution in [0.25, 0.3) is 0 Å². The quantitative estimate of drug-likeness (QED) is 0.350. The Morgan fingerprint density at radius 2 is 1.71 bits per heavy atom. The van der Waals surface area contributed by atoms with E-state index in [-0.39, 0.29) is 12.5 Å². The zero-order valence-electron chi connectivity index (χ0n) is 16.0. The molecule has 2 amide bonds. The van der Waals surface area contributed by atoms with Gasteiger partial charge in [0.2, 0.25) is 11.8 Å². The van der Waals surface area contributed by atoms with Crippen molar-refractivity contribution < 1.29 is 29.4 Å². The van der Waals surface area contributed by atoms with Crippen molar-refractivity contribution >= 4 is 23.8 Å². The number of rotatable bonds is 10. The zero-order chi connectivity index (χ0) is 20.7. The van der Waals surface area contributed by atoms with Gasteiger partial charge in [0, 0.05) is 6.54 Å². The lowest BCUT2D eigenvalue weighted by Crippen LogP contribution is -2.55. The molecule has 28 heavy (non-hydrogen) atoms. The van der Waals surface area contributed by atoms with Crippen LogP contribution in [0.1, 0.15) is 44.9 Å². The van der Waals surface area contributed by atoms with Crippen LogP contribution in [0.5, 0.6) is 0 Å². The van der Waals surface area contributed by atoms with Crippen molar-refractivity contribution in [2.75, 3.05) is 26.2 Å². The Bertz CT molecular complexity index is 599. The molecule has 10 nitrogen and oxygen atoms in total. The second kappa shape index (κ2) is 10.4. The molecule has 0 bridgehead atoms. The maximum atomic E-state index is 13.0. The molecule has 0 aromatic rings. The van der Waals surface area contributed by atoms with E-state index in [9.17, 15) is 24.3 Å². The lowest BCUT2D eigenvalue weighted by molar-refractivity contribution is -0.149. The second-order valence-electron chi connectivity index (χ2n) is 7.40. The maximum Gasteiger partial charge on any atom is 0.326 e. The highest BCUT2D eigenvalue weighted by Crippen LogP contribution is 2.21. The first-order valence-electron chi connectivity index (χ1n) is 9.84. The van der Waals surface area contributed by atoms with Gasteiger partial charge in [-0.3, -0.25) is 19.3 Å². The summed E-state index contributed by atoms with van der Waals surface area (Å²) in [6.07, 6.45) is 3.95. The number of aliphatic carboxylic acids is 2. The van der Waals surface area contributed by atoms with Crippen molar-refractivity contribution in [2.45, 2.75) is 63.1 Å². The van der Waals surface area contributed by atoms with E-state index in [1.165, 1.54) is 4.90 Å². The number of carbonyl (C=O) groups is 4. The summed E-state index contributed by atoms with van der Waals surface area (Å²) in [7, 11) is 0. The van der Waals surface area contributed by atoms with Crippen LogP contribution in [-0.4, -0.2) is 88.1 Å². The SMILES string of the molecule is NCCCC[C@H](NC(=O)[C@@H]1CCCN1CC(=O)O)C(=O)N1CCC[C@H]1C(=O)O. The second-order valence-corrected chi connectivity index (χ2v) is 7.40. The number of likely N-dealkylation sites (tertiary alicyclic amines) is 2. The molecule has 0 aromatic carbocycles. The summed E-state index contributed by atoms with van der Waals surface area (Å²) in [5, 5.41) is 21.1. The van der Waals surface area contributed by atoms with Gasteiger partial charge in [-0.2, -0.15) is 0 Å². The molecule has 0 aliphatic carbocycles. The number of hydrogen-bond acceptors (Lipinski definition) is 6. The topological polar surface area (TPSA) is 153 Å². The van der Waals surface area contributed by atoms with Crippen molar-refractivity contribution in [1.82, 2.24) is 15.1 Å². The van der Waals surface area contributed by atoms with E-state index in [0.717, 1.165) is 0 Å². The first kappa shape index (κ1) is 22.1. The van der Waals surface area contributed by atoms with Crippen LogP contribution in [0.3, 0.4) is 0 Å². The molecular weight excluding hydrogens is 368 g/mol. The summed E-state index contributed by atoms with van der Waals surface area (Å²) in [6.45, 7) is 1.11. The summed E-state index contributed by atoms with van der Waals surface area (Å²) in [5.74, 6) is -2.81. The first-order valence-corrected chi connectivity index (χ1v) is 9.84. The highest BCUT2D eigenvalue weighted by molar-refractivity contribution is 5.92. The summed E-state index contributed by atoms with van der Waals surface area (Å²) < 4.78 is 0. The Hall–Kier alpha value is -2.20. The largest absolute Gasteiger partial charge is 0.480 e. The van der Waals surface area contributed by atoms with Crippen LogP contribution >= 0.6 is 0 Å². The lowest BCUT2D eigenvalue weighted by Gasteiger charge is -2.29. The third-order valence-corrected chi connectivity index (χ3v) is 5.39. The number of nitrogens with zero attached hydrogens (tertiary/aromatic N) is 2. The normalized spacial score (nSPS) is 23.5. The molecule has 0 saturated carbocycles. The molecule has 3 atom stereocenters. The van der Waals surface area contributed by atoms with Gasteiger partial charge in [0.1, 0.15) is 12.1 Å². The Morgan fingerprint density at radius 1 is 1.04 bits per heavy atom. The number of carboxylic acids is 2. The molecule has 2 rings (SSSR count). The molecule has 0 spiro atoms. The smallest absolute Gasteiger partial charge is 0.326 e. The number of carboxylic acid groups (broad SMARTS) is 2. The van der Waals surface area contributed by atoms with Crippen LogP contribution < -0.4 is 11.1 Å². The van der Waals surface area contributed by atoms with Gasteiger partial charge in [-0.15, -0.1) is 0 Å². The lowest BCUT2D eigenvalue weighted by atomic mass is 10.1. The van der Waals surface area contributed by atoms with Crippen molar-refractivity contribution in [3.05, 3.63) is 0 Å². The number of hydrogen-bond donors (Lipinski definition) is 4. The standard InChI is InChI=1S/C18H30N4O6/c19-8-2-1-5-12(17(26)22-10-4-7-14(22)18(27)28)20-16(25)13-6-3-9-21(13)11-15(23)24/h12-14H,1-11,19H2,(H,20,25)(H,23,24)(H,27,28)/t12-,13-,14-/m0/s1. The molecule has 0 aromatic heterocycles. The average molecular weight is 398 g/mol. The average Bonchev–Trinajstić information content (AvgIpc) is 3.29. The van der Waals surface area contributed by atoms with Crippen molar-refractivity contribution in [1.29, 1.82) is 0 Å².